The van der Waals surface area contributed by atoms with Crippen LogP contribution in [0.15, 0.2) is 35.7 Å². The summed E-state index contributed by atoms with van der Waals surface area (Å²) in [5.74, 6) is -1.71. The molecule has 9 heteroatoms. The summed E-state index contributed by atoms with van der Waals surface area (Å²) in [7, 11) is 0. The second-order valence-corrected chi connectivity index (χ2v) is 6.27. The maximum atomic E-state index is 11.9. The number of aliphatic hydroxyl groups excluding tert-OH is 1. The van der Waals surface area contributed by atoms with Gasteiger partial charge in [-0.25, -0.2) is 0 Å². The molecule has 2 aromatic rings. The van der Waals surface area contributed by atoms with Crippen LogP contribution in [0.2, 0.25) is 0 Å². The van der Waals surface area contributed by atoms with Crippen molar-refractivity contribution in [1.82, 2.24) is 5.32 Å². The van der Waals surface area contributed by atoms with E-state index in [1.807, 2.05) is 11.4 Å². The van der Waals surface area contributed by atoms with Gasteiger partial charge in [-0.15, -0.1) is 11.3 Å². The molecule has 0 aliphatic rings. The summed E-state index contributed by atoms with van der Waals surface area (Å²) in [4.78, 5) is 34.6. The molecule has 0 spiro atoms. The molecular formula is C16H17N3O5S. The van der Waals surface area contributed by atoms with Crippen LogP contribution in [0.5, 0.6) is 0 Å². The molecule has 25 heavy (non-hydrogen) atoms. The van der Waals surface area contributed by atoms with Crippen molar-refractivity contribution in [2.24, 2.45) is 0 Å². The zero-order valence-corrected chi connectivity index (χ0v) is 14.2. The fourth-order valence-corrected chi connectivity index (χ4v) is 2.85. The number of thiophene rings is 1. The number of nitrogens with one attached hydrogen (secondary N) is 2. The summed E-state index contributed by atoms with van der Waals surface area (Å²) in [6, 6.07) is 7.55. The number of non-ortho nitro benzene ring substituents is 1. The van der Waals surface area contributed by atoms with E-state index in [0.717, 1.165) is 4.88 Å². The number of nitro benzene ring substituents is 1. The van der Waals surface area contributed by atoms with Gasteiger partial charge in [0.15, 0.2) is 0 Å². The molecule has 3 N–H and O–H groups in total. The Hall–Kier alpha value is -2.78. The Bertz CT molecular complexity index is 776. The first-order valence-corrected chi connectivity index (χ1v) is 8.32. The van der Waals surface area contributed by atoms with E-state index in [1.165, 1.54) is 29.5 Å². The van der Waals surface area contributed by atoms with Crippen molar-refractivity contribution in [3.05, 3.63) is 56.3 Å². The van der Waals surface area contributed by atoms with Gasteiger partial charge in [0, 0.05) is 29.2 Å². The monoisotopic (exact) mass is 363 g/mol. The Labute approximate surface area is 147 Å². The van der Waals surface area contributed by atoms with Gasteiger partial charge in [0.1, 0.15) is 0 Å². The van der Waals surface area contributed by atoms with Gasteiger partial charge in [-0.3, -0.25) is 19.7 Å². The summed E-state index contributed by atoms with van der Waals surface area (Å²) in [5, 5.41) is 27.3. The van der Waals surface area contributed by atoms with Crippen LogP contribution in [0.1, 0.15) is 23.0 Å². The van der Waals surface area contributed by atoms with Gasteiger partial charge < -0.3 is 15.7 Å². The molecule has 0 bridgehead atoms. The molecule has 0 aliphatic heterocycles. The molecule has 0 radical (unpaired) electrons. The van der Waals surface area contributed by atoms with Gasteiger partial charge in [0.05, 0.1) is 11.0 Å². The molecule has 2 rings (SSSR count). The minimum atomic E-state index is -0.873. The summed E-state index contributed by atoms with van der Waals surface area (Å²) >= 11 is 1.41. The fraction of sp³-hybridized carbons (Fsp3) is 0.250. The van der Waals surface area contributed by atoms with Crippen LogP contribution in [-0.4, -0.2) is 28.4 Å². The molecule has 0 saturated carbocycles. The minimum Gasteiger partial charge on any atom is -0.388 e. The first-order valence-electron chi connectivity index (χ1n) is 7.44. The number of hydrogen-bond donors (Lipinski definition) is 3. The highest BCUT2D eigenvalue weighted by Gasteiger charge is 2.16. The van der Waals surface area contributed by atoms with E-state index in [2.05, 4.69) is 10.6 Å². The molecule has 0 fully saturated rings. The number of benzene rings is 1. The fourth-order valence-electron chi connectivity index (χ4n) is 2.11. The molecule has 132 valence electrons. The third-order valence-corrected chi connectivity index (χ3v) is 4.42. The highest BCUT2D eigenvalue weighted by Crippen LogP contribution is 2.22. The maximum absolute atomic E-state index is 11.9. The number of anilines is 1. The van der Waals surface area contributed by atoms with E-state index < -0.39 is 22.8 Å². The largest absolute Gasteiger partial charge is 0.388 e. The number of nitro groups is 1. The Morgan fingerprint density at radius 3 is 2.68 bits per heavy atom. The summed E-state index contributed by atoms with van der Waals surface area (Å²) < 4.78 is 0. The van der Waals surface area contributed by atoms with E-state index >= 15 is 0 Å². The predicted molar refractivity (Wildman–Crippen MR) is 93.4 cm³/mol. The van der Waals surface area contributed by atoms with Crippen molar-refractivity contribution in [3.8, 4) is 0 Å². The first-order chi connectivity index (χ1) is 11.9. The second kappa shape index (κ2) is 8.36. The van der Waals surface area contributed by atoms with Crippen molar-refractivity contribution in [3.63, 3.8) is 0 Å². The topological polar surface area (TPSA) is 122 Å². The van der Waals surface area contributed by atoms with Gasteiger partial charge in [-0.2, -0.15) is 0 Å². The van der Waals surface area contributed by atoms with Gasteiger partial charge in [0.25, 0.3) is 5.69 Å². The standard InChI is InChI=1S/C16H17N3O5S/c1-10-9-11(19(23)24)4-5-12(10)18-16(22)15(21)17-7-6-13(20)14-3-2-8-25-14/h2-5,8-9,13,20H,6-7H2,1H3,(H,17,21)(H,18,22). The molecule has 0 saturated heterocycles. The number of aryl methyl sites for hydroxylation is 1. The van der Waals surface area contributed by atoms with Crippen molar-refractivity contribution in [1.29, 1.82) is 0 Å². The SMILES string of the molecule is Cc1cc([N+](=O)[O-])ccc1NC(=O)C(=O)NCCC(O)c1cccs1. The van der Waals surface area contributed by atoms with Crippen molar-refractivity contribution in [2.75, 3.05) is 11.9 Å². The Kier molecular flexibility index (Phi) is 6.20. The lowest BCUT2D eigenvalue weighted by molar-refractivity contribution is -0.384. The molecule has 0 aliphatic carbocycles. The lowest BCUT2D eigenvalue weighted by Crippen LogP contribution is -2.36. The number of carbonyl (C=O) groups excluding carboxylic acids is 2. The van der Waals surface area contributed by atoms with Gasteiger partial charge in [-0.1, -0.05) is 6.07 Å². The van der Waals surface area contributed by atoms with Crippen LogP contribution < -0.4 is 10.6 Å². The van der Waals surface area contributed by atoms with E-state index in [1.54, 1.807) is 13.0 Å². The second-order valence-electron chi connectivity index (χ2n) is 5.29. The van der Waals surface area contributed by atoms with Crippen LogP contribution >= 0.6 is 11.3 Å². The van der Waals surface area contributed by atoms with Gasteiger partial charge >= 0.3 is 11.8 Å². The summed E-state index contributed by atoms with van der Waals surface area (Å²) in [5.41, 5.74) is 0.704. The van der Waals surface area contributed by atoms with E-state index in [4.69, 9.17) is 0 Å². The molecule has 1 atom stereocenters. The third-order valence-electron chi connectivity index (χ3n) is 3.45. The summed E-state index contributed by atoms with van der Waals surface area (Å²) in [6.45, 7) is 1.74. The zero-order valence-electron chi connectivity index (χ0n) is 13.4. The Morgan fingerprint density at radius 1 is 1.32 bits per heavy atom. The number of amides is 2. The highest BCUT2D eigenvalue weighted by molar-refractivity contribution is 7.10. The maximum Gasteiger partial charge on any atom is 0.313 e. The van der Waals surface area contributed by atoms with E-state index in [0.29, 0.717) is 11.3 Å². The normalized spacial score (nSPS) is 11.6. The highest BCUT2D eigenvalue weighted by atomic mass is 32.1. The van der Waals surface area contributed by atoms with Crippen molar-refractivity contribution < 1.29 is 19.6 Å². The van der Waals surface area contributed by atoms with Crippen LogP contribution in [0, 0.1) is 17.0 Å². The smallest absolute Gasteiger partial charge is 0.313 e. The molecular weight excluding hydrogens is 346 g/mol. The molecule has 1 aromatic heterocycles. The summed E-state index contributed by atoms with van der Waals surface area (Å²) in [6.07, 6.45) is -0.406. The lowest BCUT2D eigenvalue weighted by Gasteiger charge is -2.10. The van der Waals surface area contributed by atoms with Crippen LogP contribution in [-0.2, 0) is 9.59 Å². The predicted octanol–water partition coefficient (Wildman–Crippen LogP) is 2.14. The lowest BCUT2D eigenvalue weighted by atomic mass is 10.2. The average molecular weight is 363 g/mol. The van der Waals surface area contributed by atoms with E-state index in [-0.39, 0.29) is 18.7 Å². The van der Waals surface area contributed by atoms with Crippen molar-refractivity contribution in [2.45, 2.75) is 19.4 Å². The van der Waals surface area contributed by atoms with Crippen molar-refractivity contribution >= 4 is 34.5 Å². The average Bonchev–Trinajstić information content (AvgIpc) is 3.10. The van der Waals surface area contributed by atoms with Crippen LogP contribution in [0.25, 0.3) is 0 Å². The van der Waals surface area contributed by atoms with E-state index in [9.17, 15) is 24.8 Å². The third kappa shape index (κ3) is 5.10. The number of nitrogens with zero attached hydrogens (tertiary/aromatic N) is 1. The number of carbonyl (C=O) groups is 2. The molecule has 1 aromatic carbocycles. The Morgan fingerprint density at radius 2 is 2.08 bits per heavy atom. The molecule has 2 amide bonds. The van der Waals surface area contributed by atoms with Crippen LogP contribution in [0.3, 0.4) is 0 Å². The number of rotatable bonds is 6. The quantitative estimate of drug-likeness (QED) is 0.412. The van der Waals surface area contributed by atoms with Gasteiger partial charge in [-0.05, 0) is 36.4 Å². The van der Waals surface area contributed by atoms with Crippen LogP contribution in [0.4, 0.5) is 11.4 Å². The minimum absolute atomic E-state index is 0.0949. The number of hydrogen-bond acceptors (Lipinski definition) is 6. The Balaban J connectivity index is 1.84. The van der Waals surface area contributed by atoms with Gasteiger partial charge in [0.2, 0.25) is 0 Å². The molecule has 1 unspecified atom stereocenters. The number of aliphatic hydroxyl groups is 1. The molecule has 8 nitrogen and oxygen atoms in total. The zero-order chi connectivity index (χ0) is 18.4. The molecule has 1 heterocycles. The first kappa shape index (κ1) is 18.6.